The number of benzene rings is 1. The van der Waals surface area contributed by atoms with E-state index in [-0.39, 0.29) is 0 Å². The van der Waals surface area contributed by atoms with E-state index in [4.69, 9.17) is 16.3 Å². The largest absolute Gasteiger partial charge is 0.497 e. The summed E-state index contributed by atoms with van der Waals surface area (Å²) in [5.74, 6) is 7.61. The summed E-state index contributed by atoms with van der Waals surface area (Å²) < 4.78 is 5.27. The van der Waals surface area contributed by atoms with E-state index in [0.717, 1.165) is 60.0 Å². The number of nitrogens with two attached hydrogens (primary N) is 2. The van der Waals surface area contributed by atoms with Gasteiger partial charge >= 0.3 is 0 Å². The van der Waals surface area contributed by atoms with E-state index in [1.807, 2.05) is 36.4 Å². The molecule has 28 heavy (non-hydrogen) atoms. The second-order valence-electron chi connectivity index (χ2n) is 6.58. The molecular weight excluding hydrogens is 350 g/mol. The van der Waals surface area contributed by atoms with E-state index in [0.29, 0.717) is 0 Å². The SMILES string of the molecule is C=C/C=C(\C=C/N)C(/C(=C)c1ccc(OC)cc1)=C(/NN)N1CCN(C)CC1. The standard InChI is InChI=1S/C22H31N5O/c1-5-6-19(11-12-23)21(17(2)18-7-9-20(28-4)10-8-18)22(25-24)27-15-13-26(3)14-16-27/h5-12,25H,1-2,13-16,23-24H2,3-4H3/b12-11-,19-6+,22-21-. The number of nitrogens with zero attached hydrogens (tertiary/aromatic N) is 2. The Morgan fingerprint density at radius 1 is 1.18 bits per heavy atom. The first-order valence-electron chi connectivity index (χ1n) is 9.25. The van der Waals surface area contributed by atoms with Gasteiger partial charge in [0.15, 0.2) is 0 Å². The predicted molar refractivity (Wildman–Crippen MR) is 117 cm³/mol. The number of ether oxygens (including phenoxy) is 1. The van der Waals surface area contributed by atoms with E-state index < -0.39 is 0 Å². The van der Waals surface area contributed by atoms with Crippen LogP contribution >= 0.6 is 0 Å². The van der Waals surface area contributed by atoms with E-state index in [9.17, 15) is 0 Å². The molecule has 0 saturated carbocycles. The Kier molecular flexibility index (Phi) is 7.92. The van der Waals surface area contributed by atoms with Crippen molar-refractivity contribution in [1.29, 1.82) is 0 Å². The number of hydrazine groups is 1. The van der Waals surface area contributed by atoms with Crippen LogP contribution in [-0.4, -0.2) is 50.1 Å². The van der Waals surface area contributed by atoms with Gasteiger partial charge in [-0.25, -0.2) is 5.84 Å². The van der Waals surface area contributed by atoms with Crippen LogP contribution in [0.2, 0.25) is 0 Å². The number of rotatable bonds is 8. The maximum atomic E-state index is 6.00. The number of hydrogen-bond acceptors (Lipinski definition) is 6. The van der Waals surface area contributed by atoms with Crippen LogP contribution in [0.4, 0.5) is 0 Å². The van der Waals surface area contributed by atoms with E-state index in [1.165, 1.54) is 6.20 Å². The minimum absolute atomic E-state index is 0.794. The first-order valence-corrected chi connectivity index (χ1v) is 9.25. The summed E-state index contributed by atoms with van der Waals surface area (Å²) in [5.41, 5.74) is 12.2. The molecule has 150 valence electrons. The zero-order chi connectivity index (χ0) is 20.5. The Morgan fingerprint density at radius 3 is 2.32 bits per heavy atom. The molecule has 2 rings (SSSR count). The summed E-state index contributed by atoms with van der Waals surface area (Å²) in [4.78, 5) is 4.54. The van der Waals surface area contributed by atoms with Gasteiger partial charge in [-0.15, -0.1) is 0 Å². The second-order valence-corrected chi connectivity index (χ2v) is 6.58. The van der Waals surface area contributed by atoms with Crippen molar-refractivity contribution in [2.24, 2.45) is 11.6 Å². The zero-order valence-electron chi connectivity index (χ0n) is 16.8. The maximum Gasteiger partial charge on any atom is 0.124 e. The summed E-state index contributed by atoms with van der Waals surface area (Å²) in [5, 5.41) is 0. The van der Waals surface area contributed by atoms with Crippen LogP contribution in [0.1, 0.15) is 5.56 Å². The Morgan fingerprint density at radius 2 is 1.82 bits per heavy atom. The molecule has 0 unspecified atom stereocenters. The van der Waals surface area contributed by atoms with Crippen LogP contribution in [0.25, 0.3) is 5.57 Å². The van der Waals surface area contributed by atoms with Crippen molar-refractivity contribution in [3.8, 4) is 5.75 Å². The molecule has 0 radical (unpaired) electrons. The van der Waals surface area contributed by atoms with Gasteiger partial charge in [0.25, 0.3) is 0 Å². The molecule has 6 heteroatoms. The Labute approximate surface area is 168 Å². The zero-order valence-corrected chi connectivity index (χ0v) is 16.8. The van der Waals surface area contributed by atoms with Crippen LogP contribution in [0.15, 0.2) is 78.8 Å². The molecule has 0 bridgehead atoms. The lowest BCUT2D eigenvalue weighted by molar-refractivity contribution is 0.177. The van der Waals surface area contributed by atoms with Crippen LogP contribution in [0.5, 0.6) is 5.75 Å². The third kappa shape index (κ3) is 5.06. The molecule has 0 aromatic heterocycles. The van der Waals surface area contributed by atoms with E-state index in [1.54, 1.807) is 13.2 Å². The monoisotopic (exact) mass is 381 g/mol. The highest BCUT2D eigenvalue weighted by Gasteiger charge is 2.22. The summed E-state index contributed by atoms with van der Waals surface area (Å²) in [6.45, 7) is 11.8. The second kappa shape index (κ2) is 10.4. The van der Waals surface area contributed by atoms with Crippen molar-refractivity contribution in [3.05, 3.63) is 84.4 Å². The molecule has 1 heterocycles. The molecule has 0 amide bonds. The molecule has 1 fully saturated rings. The number of likely N-dealkylation sites (N-methyl/N-ethyl adjacent to an activating group) is 1. The smallest absolute Gasteiger partial charge is 0.124 e. The molecular formula is C22H31N5O. The van der Waals surface area contributed by atoms with E-state index in [2.05, 4.69) is 35.4 Å². The third-order valence-electron chi connectivity index (χ3n) is 4.80. The van der Waals surface area contributed by atoms with Crippen LogP contribution in [0.3, 0.4) is 0 Å². The van der Waals surface area contributed by atoms with Gasteiger partial charge < -0.3 is 25.7 Å². The minimum atomic E-state index is 0.794. The first-order chi connectivity index (χ1) is 13.5. The highest BCUT2D eigenvalue weighted by atomic mass is 16.5. The molecule has 1 aliphatic rings. The predicted octanol–water partition coefficient (Wildman–Crippen LogP) is 2.22. The summed E-state index contributed by atoms with van der Waals surface area (Å²) in [6.07, 6.45) is 6.98. The molecule has 0 atom stereocenters. The fourth-order valence-electron chi connectivity index (χ4n) is 3.19. The lowest BCUT2D eigenvalue weighted by atomic mass is 9.92. The van der Waals surface area contributed by atoms with Gasteiger partial charge in [0.1, 0.15) is 11.6 Å². The van der Waals surface area contributed by atoms with Gasteiger partial charge in [-0.1, -0.05) is 37.4 Å². The van der Waals surface area contributed by atoms with Gasteiger partial charge in [-0.3, -0.25) is 0 Å². The van der Waals surface area contributed by atoms with Crippen molar-refractivity contribution in [2.75, 3.05) is 40.3 Å². The normalized spacial score (nSPS) is 16.7. The van der Waals surface area contributed by atoms with Gasteiger partial charge in [0.05, 0.1) is 7.11 Å². The number of nitrogens with one attached hydrogen (secondary N) is 1. The van der Waals surface area contributed by atoms with E-state index >= 15 is 0 Å². The Bertz CT molecular complexity index is 769. The molecule has 0 aliphatic carbocycles. The van der Waals surface area contributed by atoms with Crippen LogP contribution in [-0.2, 0) is 0 Å². The van der Waals surface area contributed by atoms with Gasteiger partial charge in [0.2, 0.25) is 0 Å². The molecule has 1 aliphatic heterocycles. The summed E-state index contributed by atoms with van der Waals surface area (Å²) >= 11 is 0. The average Bonchev–Trinajstić information content (AvgIpc) is 2.72. The van der Waals surface area contributed by atoms with Gasteiger partial charge in [-0.2, -0.15) is 0 Å². The lowest BCUT2D eigenvalue weighted by Crippen LogP contribution is -2.48. The fraction of sp³-hybridized carbons (Fsp3) is 0.273. The molecule has 1 aromatic rings. The summed E-state index contributed by atoms with van der Waals surface area (Å²) in [7, 11) is 3.77. The van der Waals surface area contributed by atoms with Gasteiger partial charge in [-0.05, 0) is 48.2 Å². The Balaban J connectivity index is 2.57. The molecule has 1 saturated heterocycles. The number of methoxy groups -OCH3 is 1. The maximum absolute atomic E-state index is 6.00. The summed E-state index contributed by atoms with van der Waals surface area (Å²) in [6, 6.07) is 7.80. The molecule has 0 spiro atoms. The highest BCUT2D eigenvalue weighted by molar-refractivity contribution is 5.84. The minimum Gasteiger partial charge on any atom is -0.497 e. The van der Waals surface area contributed by atoms with Crippen LogP contribution < -0.4 is 21.7 Å². The highest BCUT2D eigenvalue weighted by Crippen LogP contribution is 2.32. The molecule has 5 N–H and O–H groups in total. The first kappa shape index (κ1) is 21.3. The van der Waals surface area contributed by atoms with Crippen molar-refractivity contribution in [2.45, 2.75) is 0 Å². The van der Waals surface area contributed by atoms with Crippen molar-refractivity contribution in [1.82, 2.24) is 15.2 Å². The van der Waals surface area contributed by atoms with Crippen molar-refractivity contribution < 1.29 is 4.74 Å². The molecule has 1 aromatic carbocycles. The quantitative estimate of drug-likeness (QED) is 0.364. The van der Waals surface area contributed by atoms with Crippen LogP contribution in [0, 0.1) is 0 Å². The average molecular weight is 382 g/mol. The number of piperazine rings is 1. The van der Waals surface area contributed by atoms with Crippen molar-refractivity contribution >= 4 is 5.57 Å². The number of allylic oxidation sites excluding steroid dienone is 6. The molecule has 6 nitrogen and oxygen atoms in total. The fourth-order valence-corrected chi connectivity index (χ4v) is 3.19. The topological polar surface area (TPSA) is 79.8 Å². The third-order valence-corrected chi connectivity index (χ3v) is 4.80. The van der Waals surface area contributed by atoms with Gasteiger partial charge in [0, 0.05) is 31.8 Å². The Hall–Kier alpha value is -2.96. The lowest BCUT2D eigenvalue weighted by Gasteiger charge is -2.36. The van der Waals surface area contributed by atoms with Crippen molar-refractivity contribution in [3.63, 3.8) is 0 Å². The number of hydrogen-bond donors (Lipinski definition) is 3.